The fourth-order valence-electron chi connectivity index (χ4n) is 1.36. The van der Waals surface area contributed by atoms with Crippen molar-refractivity contribution in [2.75, 3.05) is 0 Å². The number of rotatable bonds is 3. The van der Waals surface area contributed by atoms with Crippen LogP contribution in [0.4, 0.5) is 0 Å². The van der Waals surface area contributed by atoms with E-state index in [1.807, 2.05) is 13.0 Å². The third kappa shape index (κ3) is 2.35. The first-order valence-corrected chi connectivity index (χ1v) is 5.38. The van der Waals surface area contributed by atoms with E-state index < -0.39 is 5.97 Å². The molecule has 0 saturated carbocycles. The highest BCUT2D eigenvalue weighted by atomic mass is 79.9. The van der Waals surface area contributed by atoms with Crippen molar-refractivity contribution in [3.8, 4) is 0 Å². The monoisotopic (exact) mass is 256 g/mol. The predicted molar refractivity (Wildman–Crippen MR) is 59.8 cm³/mol. The third-order valence-corrected chi connectivity index (χ3v) is 2.88. The maximum atomic E-state index is 10.9. The van der Waals surface area contributed by atoms with E-state index in [9.17, 15) is 4.79 Å². The van der Waals surface area contributed by atoms with Crippen molar-refractivity contribution in [1.29, 1.82) is 0 Å². The summed E-state index contributed by atoms with van der Waals surface area (Å²) >= 11 is 3.35. The van der Waals surface area contributed by atoms with Crippen LogP contribution in [0.2, 0.25) is 0 Å². The Morgan fingerprint density at radius 2 is 2.21 bits per heavy atom. The molecular weight excluding hydrogens is 244 g/mol. The minimum Gasteiger partial charge on any atom is -0.478 e. The quantitative estimate of drug-likeness (QED) is 0.897. The van der Waals surface area contributed by atoms with Gasteiger partial charge in [0.25, 0.3) is 0 Å². The Morgan fingerprint density at radius 1 is 1.57 bits per heavy atom. The molecule has 0 aromatic heterocycles. The van der Waals surface area contributed by atoms with Gasteiger partial charge in [-0.3, -0.25) is 0 Å². The Hall–Kier alpha value is -0.830. The van der Waals surface area contributed by atoms with Crippen LogP contribution in [0, 0.1) is 0 Å². The van der Waals surface area contributed by atoms with Gasteiger partial charge < -0.3 is 5.11 Å². The summed E-state index contributed by atoms with van der Waals surface area (Å²) in [4.78, 5) is 10.9. The fourth-order valence-corrected chi connectivity index (χ4v) is 1.73. The van der Waals surface area contributed by atoms with Gasteiger partial charge in [0, 0.05) is 4.47 Å². The average Bonchev–Trinajstić information content (AvgIpc) is 2.16. The molecule has 0 spiro atoms. The van der Waals surface area contributed by atoms with Gasteiger partial charge in [0.15, 0.2) is 0 Å². The topological polar surface area (TPSA) is 37.3 Å². The number of hydrogen-bond acceptors (Lipinski definition) is 1. The van der Waals surface area contributed by atoms with E-state index in [1.165, 1.54) is 0 Å². The number of carboxylic acid groups (broad SMARTS) is 1. The average molecular weight is 257 g/mol. The summed E-state index contributed by atoms with van der Waals surface area (Å²) in [6.07, 6.45) is 0.941. The first kappa shape index (κ1) is 11.2. The van der Waals surface area contributed by atoms with E-state index in [1.54, 1.807) is 12.1 Å². The molecule has 0 fully saturated rings. The van der Waals surface area contributed by atoms with Crippen LogP contribution >= 0.6 is 15.9 Å². The molecule has 1 unspecified atom stereocenters. The zero-order valence-electron chi connectivity index (χ0n) is 8.25. The van der Waals surface area contributed by atoms with Crippen LogP contribution in [0.1, 0.15) is 42.1 Å². The molecule has 0 aliphatic heterocycles. The van der Waals surface area contributed by atoms with Crippen molar-refractivity contribution in [3.05, 3.63) is 33.8 Å². The third-order valence-electron chi connectivity index (χ3n) is 2.39. The van der Waals surface area contributed by atoms with Gasteiger partial charge in [0.1, 0.15) is 0 Å². The van der Waals surface area contributed by atoms with Crippen LogP contribution in [0.3, 0.4) is 0 Å². The zero-order chi connectivity index (χ0) is 10.7. The standard InChI is InChI=1S/C11H13BrO2/c1-3-7(2)10-6-8(12)4-5-9(10)11(13)14/h4-7H,3H2,1-2H3,(H,13,14). The molecule has 0 aliphatic rings. The van der Waals surface area contributed by atoms with Crippen molar-refractivity contribution < 1.29 is 9.90 Å². The minimum atomic E-state index is -0.854. The second kappa shape index (κ2) is 4.60. The molecule has 1 aromatic rings. The van der Waals surface area contributed by atoms with Crippen molar-refractivity contribution in [1.82, 2.24) is 0 Å². The molecule has 0 radical (unpaired) electrons. The Kier molecular flexibility index (Phi) is 3.69. The van der Waals surface area contributed by atoms with E-state index in [-0.39, 0.29) is 5.92 Å². The summed E-state index contributed by atoms with van der Waals surface area (Å²) in [6.45, 7) is 4.09. The smallest absolute Gasteiger partial charge is 0.335 e. The van der Waals surface area contributed by atoms with Gasteiger partial charge in [-0.1, -0.05) is 29.8 Å². The van der Waals surface area contributed by atoms with E-state index in [0.717, 1.165) is 16.5 Å². The highest BCUT2D eigenvalue weighted by Gasteiger charge is 2.14. The molecular formula is C11H13BrO2. The van der Waals surface area contributed by atoms with Crippen LogP contribution in [-0.4, -0.2) is 11.1 Å². The molecule has 14 heavy (non-hydrogen) atoms. The lowest BCUT2D eigenvalue weighted by atomic mass is 9.94. The summed E-state index contributed by atoms with van der Waals surface area (Å²) in [5.41, 5.74) is 1.30. The lowest BCUT2D eigenvalue weighted by molar-refractivity contribution is 0.0695. The van der Waals surface area contributed by atoms with Crippen molar-refractivity contribution in [3.63, 3.8) is 0 Å². The molecule has 76 valence electrons. The van der Waals surface area contributed by atoms with Crippen LogP contribution in [-0.2, 0) is 0 Å². The van der Waals surface area contributed by atoms with Crippen LogP contribution in [0.25, 0.3) is 0 Å². The summed E-state index contributed by atoms with van der Waals surface area (Å²) in [5, 5.41) is 8.99. The van der Waals surface area contributed by atoms with Crippen LogP contribution in [0.15, 0.2) is 22.7 Å². The van der Waals surface area contributed by atoms with E-state index in [2.05, 4.69) is 22.9 Å². The number of benzene rings is 1. The maximum Gasteiger partial charge on any atom is 0.335 e. The molecule has 0 heterocycles. The normalized spacial score (nSPS) is 12.5. The van der Waals surface area contributed by atoms with Crippen molar-refractivity contribution in [2.45, 2.75) is 26.2 Å². The van der Waals surface area contributed by atoms with Gasteiger partial charge in [0.05, 0.1) is 5.56 Å². The van der Waals surface area contributed by atoms with Gasteiger partial charge in [-0.2, -0.15) is 0 Å². The Balaban J connectivity index is 3.22. The number of carbonyl (C=O) groups is 1. The van der Waals surface area contributed by atoms with Gasteiger partial charge in [-0.15, -0.1) is 0 Å². The summed E-state index contributed by atoms with van der Waals surface area (Å²) in [7, 11) is 0. The first-order valence-electron chi connectivity index (χ1n) is 4.59. The van der Waals surface area contributed by atoms with E-state index >= 15 is 0 Å². The molecule has 1 N–H and O–H groups in total. The Morgan fingerprint density at radius 3 is 2.71 bits per heavy atom. The summed E-state index contributed by atoms with van der Waals surface area (Å²) in [5.74, 6) is -0.577. The molecule has 0 bridgehead atoms. The number of aromatic carboxylic acids is 1. The first-order chi connectivity index (χ1) is 6.56. The SMILES string of the molecule is CCC(C)c1cc(Br)ccc1C(=O)O. The van der Waals surface area contributed by atoms with E-state index in [0.29, 0.717) is 5.56 Å². The molecule has 1 rings (SSSR count). The van der Waals surface area contributed by atoms with Crippen molar-refractivity contribution in [2.24, 2.45) is 0 Å². The van der Waals surface area contributed by atoms with Gasteiger partial charge in [0.2, 0.25) is 0 Å². The highest BCUT2D eigenvalue weighted by molar-refractivity contribution is 9.10. The number of carboxylic acids is 1. The van der Waals surface area contributed by atoms with Gasteiger partial charge in [-0.25, -0.2) is 4.79 Å². The lowest BCUT2D eigenvalue weighted by Gasteiger charge is -2.12. The van der Waals surface area contributed by atoms with Crippen molar-refractivity contribution >= 4 is 21.9 Å². The Labute approximate surface area is 92.1 Å². The second-order valence-corrected chi connectivity index (χ2v) is 4.26. The summed E-state index contributed by atoms with van der Waals surface area (Å²) in [6, 6.07) is 5.29. The summed E-state index contributed by atoms with van der Waals surface area (Å²) < 4.78 is 0.929. The molecule has 0 amide bonds. The molecule has 1 atom stereocenters. The number of hydrogen-bond donors (Lipinski definition) is 1. The lowest BCUT2D eigenvalue weighted by Crippen LogP contribution is -2.04. The zero-order valence-corrected chi connectivity index (χ0v) is 9.84. The second-order valence-electron chi connectivity index (χ2n) is 3.35. The van der Waals surface area contributed by atoms with Crippen LogP contribution < -0.4 is 0 Å². The highest BCUT2D eigenvalue weighted by Crippen LogP contribution is 2.26. The number of halogens is 1. The fraction of sp³-hybridized carbons (Fsp3) is 0.364. The predicted octanol–water partition coefficient (Wildman–Crippen LogP) is 3.66. The van der Waals surface area contributed by atoms with Gasteiger partial charge in [-0.05, 0) is 36.1 Å². The molecule has 0 saturated heterocycles. The molecule has 0 aliphatic carbocycles. The van der Waals surface area contributed by atoms with Crippen LogP contribution in [0.5, 0.6) is 0 Å². The molecule has 3 heteroatoms. The molecule has 1 aromatic carbocycles. The maximum absolute atomic E-state index is 10.9. The van der Waals surface area contributed by atoms with Gasteiger partial charge >= 0.3 is 5.97 Å². The van der Waals surface area contributed by atoms with E-state index in [4.69, 9.17) is 5.11 Å². The minimum absolute atomic E-state index is 0.276. The Bertz CT molecular complexity index is 347. The molecule has 2 nitrogen and oxygen atoms in total. The largest absolute Gasteiger partial charge is 0.478 e.